The Labute approximate surface area is 152 Å². The van der Waals surface area contributed by atoms with Gasteiger partial charge in [0.1, 0.15) is 11.5 Å². The van der Waals surface area contributed by atoms with E-state index >= 15 is 0 Å². The predicted octanol–water partition coefficient (Wildman–Crippen LogP) is 1.21. The van der Waals surface area contributed by atoms with E-state index in [-0.39, 0.29) is 23.2 Å². The third kappa shape index (κ3) is 5.27. The number of ether oxygens (including phenoxy) is 1. The first kappa shape index (κ1) is 18.9. The Balaban J connectivity index is 1.73. The fourth-order valence-corrected chi connectivity index (χ4v) is 1.97. The Bertz CT molecular complexity index is 833. The zero-order valence-corrected chi connectivity index (χ0v) is 14.3. The van der Waals surface area contributed by atoms with Crippen molar-refractivity contribution in [3.8, 4) is 5.75 Å². The number of hydrazine groups is 1. The molecule has 2 aromatic rings. The summed E-state index contributed by atoms with van der Waals surface area (Å²) in [7, 11) is 0. The Morgan fingerprint density at radius 3 is 2.50 bits per heavy atom. The fraction of sp³-hybridized carbons (Fsp3) is 0.133. The minimum Gasteiger partial charge on any atom is -0.484 e. The minimum atomic E-state index is -0.574. The molecule has 2 amide bonds. The second kappa shape index (κ2) is 8.58. The molecule has 0 radical (unpaired) electrons. The van der Waals surface area contributed by atoms with E-state index in [0.29, 0.717) is 11.3 Å². The van der Waals surface area contributed by atoms with Gasteiger partial charge in [0.25, 0.3) is 17.5 Å². The summed E-state index contributed by atoms with van der Waals surface area (Å²) in [6.07, 6.45) is 1.37. The smallest absolute Gasteiger partial charge is 0.273 e. The van der Waals surface area contributed by atoms with E-state index in [0.717, 1.165) is 0 Å². The summed E-state index contributed by atoms with van der Waals surface area (Å²) in [6, 6.07) is 6.75. The summed E-state index contributed by atoms with van der Waals surface area (Å²) in [5.74, 6) is -0.325. The molecular weight excluding hydrogens is 364 g/mol. The van der Waals surface area contributed by atoms with Gasteiger partial charge < -0.3 is 9.15 Å². The van der Waals surface area contributed by atoms with Gasteiger partial charge in [0.15, 0.2) is 11.7 Å². The van der Waals surface area contributed by atoms with Gasteiger partial charge in [-0.15, -0.1) is 0 Å². The standard InChI is InChI=1S/C15H14N4O6S/c1-9-12(6-7-24-9)14(21)17-18-15(26)16-13(20)8-25-11-4-2-10(3-5-11)19(22)23/h2-7H,8H2,1H3,(H,17,21)(H2,16,18,20,26). The summed E-state index contributed by atoms with van der Waals surface area (Å²) >= 11 is 4.88. The Kier molecular flexibility index (Phi) is 6.22. The van der Waals surface area contributed by atoms with Crippen molar-refractivity contribution in [3.63, 3.8) is 0 Å². The number of nitrogens with zero attached hydrogens (tertiary/aromatic N) is 1. The van der Waals surface area contributed by atoms with Gasteiger partial charge in [-0.2, -0.15) is 0 Å². The predicted molar refractivity (Wildman–Crippen MR) is 93.4 cm³/mol. The average molecular weight is 378 g/mol. The fourth-order valence-electron chi connectivity index (χ4n) is 1.81. The van der Waals surface area contributed by atoms with Crippen LogP contribution >= 0.6 is 12.2 Å². The van der Waals surface area contributed by atoms with Crippen LogP contribution in [0.3, 0.4) is 0 Å². The van der Waals surface area contributed by atoms with Crippen molar-refractivity contribution >= 4 is 34.8 Å². The monoisotopic (exact) mass is 378 g/mol. The number of rotatable bonds is 5. The maximum absolute atomic E-state index is 11.8. The number of nitro benzene ring substituents is 1. The van der Waals surface area contributed by atoms with Crippen molar-refractivity contribution in [2.24, 2.45) is 0 Å². The molecule has 0 saturated carbocycles. The van der Waals surface area contributed by atoms with E-state index in [4.69, 9.17) is 21.4 Å². The Morgan fingerprint density at radius 1 is 1.23 bits per heavy atom. The largest absolute Gasteiger partial charge is 0.484 e. The lowest BCUT2D eigenvalue weighted by molar-refractivity contribution is -0.384. The maximum atomic E-state index is 11.8. The number of amides is 2. The number of thiocarbonyl (C=S) groups is 1. The van der Waals surface area contributed by atoms with Gasteiger partial charge in [0, 0.05) is 12.1 Å². The molecule has 0 unspecified atom stereocenters. The van der Waals surface area contributed by atoms with Gasteiger partial charge >= 0.3 is 0 Å². The van der Waals surface area contributed by atoms with Gasteiger partial charge in [0.05, 0.1) is 16.7 Å². The van der Waals surface area contributed by atoms with Crippen LogP contribution in [0.5, 0.6) is 5.75 Å². The SMILES string of the molecule is Cc1occc1C(=O)NNC(=S)NC(=O)COc1ccc([N+](=O)[O-])cc1. The van der Waals surface area contributed by atoms with E-state index in [1.54, 1.807) is 6.92 Å². The first-order valence-electron chi connectivity index (χ1n) is 7.18. The molecule has 1 heterocycles. The molecule has 136 valence electrons. The van der Waals surface area contributed by atoms with Gasteiger partial charge in [-0.1, -0.05) is 0 Å². The molecule has 0 aliphatic heterocycles. The molecule has 0 aliphatic rings. The highest BCUT2D eigenvalue weighted by molar-refractivity contribution is 7.80. The number of nitrogens with one attached hydrogen (secondary N) is 3. The van der Waals surface area contributed by atoms with Crippen LogP contribution in [0.15, 0.2) is 41.0 Å². The first-order valence-corrected chi connectivity index (χ1v) is 7.59. The summed E-state index contributed by atoms with van der Waals surface area (Å²) in [6.45, 7) is 1.26. The van der Waals surface area contributed by atoms with Crippen LogP contribution in [0.1, 0.15) is 16.1 Å². The van der Waals surface area contributed by atoms with Crippen molar-refractivity contribution in [1.29, 1.82) is 0 Å². The molecule has 1 aromatic heterocycles. The lowest BCUT2D eigenvalue weighted by Gasteiger charge is -2.11. The molecular formula is C15H14N4O6S. The Hall–Kier alpha value is -3.47. The molecule has 1 aromatic carbocycles. The lowest BCUT2D eigenvalue weighted by atomic mass is 10.2. The molecule has 0 spiro atoms. The molecule has 0 atom stereocenters. The van der Waals surface area contributed by atoms with Crippen molar-refractivity contribution in [1.82, 2.24) is 16.2 Å². The average Bonchev–Trinajstić information content (AvgIpc) is 3.04. The van der Waals surface area contributed by atoms with Crippen molar-refractivity contribution in [3.05, 3.63) is 58.0 Å². The second-order valence-electron chi connectivity index (χ2n) is 4.89. The van der Waals surface area contributed by atoms with Crippen LogP contribution in [-0.2, 0) is 4.79 Å². The molecule has 10 nitrogen and oxygen atoms in total. The molecule has 26 heavy (non-hydrogen) atoms. The number of benzene rings is 1. The number of non-ortho nitro benzene ring substituents is 1. The molecule has 0 saturated heterocycles. The normalized spacial score (nSPS) is 9.88. The van der Waals surface area contributed by atoms with Crippen LogP contribution < -0.4 is 20.9 Å². The van der Waals surface area contributed by atoms with Gasteiger partial charge in [-0.3, -0.25) is 35.9 Å². The summed E-state index contributed by atoms with van der Waals surface area (Å²) in [5.41, 5.74) is 4.93. The first-order chi connectivity index (χ1) is 12.4. The second-order valence-corrected chi connectivity index (χ2v) is 5.29. The zero-order chi connectivity index (χ0) is 19.1. The summed E-state index contributed by atoms with van der Waals surface area (Å²) < 4.78 is 10.2. The summed E-state index contributed by atoms with van der Waals surface area (Å²) in [4.78, 5) is 33.6. The number of hydrogen-bond acceptors (Lipinski definition) is 7. The summed E-state index contributed by atoms with van der Waals surface area (Å²) in [5, 5.41) is 12.7. The lowest BCUT2D eigenvalue weighted by Crippen LogP contribution is -2.49. The topological polar surface area (TPSA) is 136 Å². The third-order valence-electron chi connectivity index (χ3n) is 3.06. The number of carbonyl (C=O) groups excluding carboxylic acids is 2. The molecule has 2 rings (SSSR count). The van der Waals surface area contributed by atoms with Crippen LogP contribution in [0, 0.1) is 17.0 Å². The van der Waals surface area contributed by atoms with E-state index in [1.165, 1.54) is 36.6 Å². The molecule has 0 fully saturated rings. The highest BCUT2D eigenvalue weighted by Gasteiger charge is 2.12. The van der Waals surface area contributed by atoms with E-state index in [9.17, 15) is 19.7 Å². The third-order valence-corrected chi connectivity index (χ3v) is 3.27. The van der Waals surface area contributed by atoms with Crippen molar-refractivity contribution in [2.75, 3.05) is 6.61 Å². The van der Waals surface area contributed by atoms with Crippen LogP contribution in [-0.4, -0.2) is 28.5 Å². The molecule has 3 N–H and O–H groups in total. The van der Waals surface area contributed by atoms with Gasteiger partial charge in [0.2, 0.25) is 0 Å². The van der Waals surface area contributed by atoms with Gasteiger partial charge in [-0.05, 0) is 37.3 Å². The van der Waals surface area contributed by atoms with E-state index in [1.807, 2.05) is 0 Å². The van der Waals surface area contributed by atoms with E-state index in [2.05, 4.69) is 16.2 Å². The number of carbonyl (C=O) groups is 2. The number of hydrogen-bond donors (Lipinski definition) is 3. The maximum Gasteiger partial charge on any atom is 0.273 e. The van der Waals surface area contributed by atoms with Crippen LogP contribution in [0.4, 0.5) is 5.69 Å². The quantitative estimate of drug-likeness (QED) is 0.401. The van der Waals surface area contributed by atoms with Crippen LogP contribution in [0.2, 0.25) is 0 Å². The number of nitro groups is 1. The molecule has 11 heteroatoms. The molecule has 0 bridgehead atoms. The minimum absolute atomic E-state index is 0.0872. The van der Waals surface area contributed by atoms with E-state index < -0.39 is 16.7 Å². The molecule has 0 aliphatic carbocycles. The highest BCUT2D eigenvalue weighted by Crippen LogP contribution is 2.17. The number of furan rings is 1. The van der Waals surface area contributed by atoms with Crippen molar-refractivity contribution in [2.45, 2.75) is 6.92 Å². The highest BCUT2D eigenvalue weighted by atomic mass is 32.1. The van der Waals surface area contributed by atoms with Gasteiger partial charge in [-0.25, -0.2) is 0 Å². The zero-order valence-electron chi connectivity index (χ0n) is 13.5. The van der Waals surface area contributed by atoms with Crippen molar-refractivity contribution < 1.29 is 23.7 Å². The number of aryl methyl sites for hydroxylation is 1. The Morgan fingerprint density at radius 2 is 1.92 bits per heavy atom. The van der Waals surface area contributed by atoms with Crippen LogP contribution in [0.25, 0.3) is 0 Å².